The molecular weight excluding hydrogens is 192 g/mol. The lowest BCUT2D eigenvalue weighted by atomic mass is 10.2. The first kappa shape index (κ1) is 11.7. The van der Waals surface area contributed by atoms with Gasteiger partial charge in [-0.15, -0.1) is 0 Å². The number of H-pyrrole nitrogens is 1. The van der Waals surface area contributed by atoms with Crippen molar-refractivity contribution in [3.63, 3.8) is 0 Å². The monoisotopic (exact) mass is 210 g/mol. The van der Waals surface area contributed by atoms with Crippen molar-refractivity contribution >= 4 is 5.91 Å². The molecule has 0 radical (unpaired) electrons. The number of aromatic amines is 1. The van der Waals surface area contributed by atoms with Gasteiger partial charge in [0.05, 0.1) is 11.8 Å². The minimum Gasteiger partial charge on any atom is -0.352 e. The van der Waals surface area contributed by atoms with E-state index < -0.39 is 0 Å². The van der Waals surface area contributed by atoms with Crippen molar-refractivity contribution in [2.75, 3.05) is 13.1 Å². The normalized spacial score (nSPS) is 10.3. The average Bonchev–Trinajstić information content (AvgIpc) is 2.64. The van der Waals surface area contributed by atoms with Crippen LogP contribution in [-0.4, -0.2) is 29.2 Å². The van der Waals surface area contributed by atoms with E-state index in [1.54, 1.807) is 6.20 Å². The van der Waals surface area contributed by atoms with Crippen LogP contribution in [0.3, 0.4) is 0 Å². The molecule has 0 atom stereocenters. The molecule has 5 nitrogen and oxygen atoms in total. The summed E-state index contributed by atoms with van der Waals surface area (Å²) in [6.45, 7) is 3.24. The fraction of sp³-hybridized carbons (Fsp3) is 0.600. The third-order valence-electron chi connectivity index (χ3n) is 2.24. The maximum atomic E-state index is 11.6. The Kier molecular flexibility index (Phi) is 4.83. The number of rotatable bonds is 6. The molecule has 84 valence electrons. The van der Waals surface area contributed by atoms with E-state index in [1.165, 1.54) is 0 Å². The zero-order valence-electron chi connectivity index (χ0n) is 9.05. The molecule has 0 aliphatic rings. The highest BCUT2D eigenvalue weighted by molar-refractivity contribution is 5.94. The van der Waals surface area contributed by atoms with Crippen molar-refractivity contribution in [3.05, 3.63) is 17.5 Å². The molecule has 1 heterocycles. The molecule has 0 unspecified atom stereocenters. The van der Waals surface area contributed by atoms with Crippen LogP contribution in [0.5, 0.6) is 0 Å². The molecule has 1 amide bonds. The summed E-state index contributed by atoms with van der Waals surface area (Å²) in [6, 6.07) is 0. The molecular formula is C10H18N4O. The Morgan fingerprint density at radius 2 is 2.33 bits per heavy atom. The maximum Gasteiger partial charge on any atom is 0.254 e. The van der Waals surface area contributed by atoms with E-state index in [2.05, 4.69) is 15.5 Å². The molecule has 0 aliphatic carbocycles. The van der Waals surface area contributed by atoms with Gasteiger partial charge in [0, 0.05) is 12.2 Å². The summed E-state index contributed by atoms with van der Waals surface area (Å²) in [6.07, 6.45) is 4.59. The van der Waals surface area contributed by atoms with Gasteiger partial charge in [0.25, 0.3) is 5.91 Å². The van der Waals surface area contributed by atoms with Crippen molar-refractivity contribution in [2.45, 2.75) is 26.2 Å². The van der Waals surface area contributed by atoms with Gasteiger partial charge >= 0.3 is 0 Å². The summed E-state index contributed by atoms with van der Waals surface area (Å²) >= 11 is 0. The minimum absolute atomic E-state index is 0.0611. The van der Waals surface area contributed by atoms with Gasteiger partial charge in [0.2, 0.25) is 0 Å². The van der Waals surface area contributed by atoms with Crippen molar-refractivity contribution in [2.24, 2.45) is 5.73 Å². The zero-order valence-corrected chi connectivity index (χ0v) is 9.05. The van der Waals surface area contributed by atoms with Crippen LogP contribution in [0, 0.1) is 6.92 Å². The summed E-state index contributed by atoms with van der Waals surface area (Å²) < 4.78 is 0. The van der Waals surface area contributed by atoms with Crippen molar-refractivity contribution in [1.29, 1.82) is 0 Å². The number of nitrogens with one attached hydrogen (secondary N) is 2. The molecule has 15 heavy (non-hydrogen) atoms. The number of amides is 1. The van der Waals surface area contributed by atoms with Crippen molar-refractivity contribution in [1.82, 2.24) is 15.5 Å². The first-order valence-corrected chi connectivity index (χ1v) is 5.24. The number of carbonyl (C=O) groups is 1. The molecule has 0 saturated heterocycles. The van der Waals surface area contributed by atoms with Crippen LogP contribution in [0.25, 0.3) is 0 Å². The lowest BCUT2D eigenvalue weighted by Crippen LogP contribution is -2.24. The summed E-state index contributed by atoms with van der Waals surface area (Å²) in [5.74, 6) is -0.0611. The van der Waals surface area contributed by atoms with E-state index >= 15 is 0 Å². The lowest BCUT2D eigenvalue weighted by Gasteiger charge is -2.03. The summed E-state index contributed by atoms with van der Waals surface area (Å²) in [7, 11) is 0. The number of nitrogens with two attached hydrogens (primary N) is 1. The van der Waals surface area contributed by atoms with Crippen LogP contribution < -0.4 is 11.1 Å². The molecule has 1 rings (SSSR count). The maximum absolute atomic E-state index is 11.6. The van der Waals surface area contributed by atoms with E-state index in [9.17, 15) is 4.79 Å². The first-order valence-electron chi connectivity index (χ1n) is 5.24. The van der Waals surface area contributed by atoms with E-state index in [0.29, 0.717) is 12.1 Å². The number of carbonyl (C=O) groups excluding carboxylic acids is 1. The largest absolute Gasteiger partial charge is 0.352 e. The summed E-state index contributed by atoms with van der Waals surface area (Å²) in [4.78, 5) is 11.6. The Hall–Kier alpha value is -1.36. The Morgan fingerprint density at radius 3 is 2.93 bits per heavy atom. The third kappa shape index (κ3) is 3.71. The Labute approximate surface area is 89.4 Å². The van der Waals surface area contributed by atoms with Crippen LogP contribution in [0.2, 0.25) is 0 Å². The molecule has 0 fully saturated rings. The molecule has 0 saturated carbocycles. The van der Waals surface area contributed by atoms with Gasteiger partial charge < -0.3 is 11.1 Å². The van der Waals surface area contributed by atoms with E-state index in [0.717, 1.165) is 31.5 Å². The van der Waals surface area contributed by atoms with Crippen LogP contribution in [0.4, 0.5) is 0 Å². The number of nitrogens with zero attached hydrogens (tertiary/aromatic N) is 1. The summed E-state index contributed by atoms with van der Waals surface area (Å²) in [5, 5.41) is 9.38. The van der Waals surface area contributed by atoms with Gasteiger partial charge in [-0.3, -0.25) is 9.89 Å². The van der Waals surface area contributed by atoms with Crippen LogP contribution >= 0.6 is 0 Å². The molecule has 4 N–H and O–H groups in total. The van der Waals surface area contributed by atoms with Crippen molar-refractivity contribution in [3.8, 4) is 0 Å². The highest BCUT2D eigenvalue weighted by Gasteiger charge is 2.09. The Bertz CT molecular complexity index is 308. The van der Waals surface area contributed by atoms with Crippen molar-refractivity contribution < 1.29 is 4.79 Å². The lowest BCUT2D eigenvalue weighted by molar-refractivity contribution is 0.0952. The molecule has 0 spiro atoms. The van der Waals surface area contributed by atoms with Gasteiger partial charge in [-0.25, -0.2) is 0 Å². The van der Waals surface area contributed by atoms with Crippen LogP contribution in [0.15, 0.2) is 6.20 Å². The Balaban J connectivity index is 2.22. The highest BCUT2D eigenvalue weighted by atomic mass is 16.1. The third-order valence-corrected chi connectivity index (χ3v) is 2.24. The van der Waals surface area contributed by atoms with Gasteiger partial charge in [-0.1, -0.05) is 6.42 Å². The van der Waals surface area contributed by atoms with Gasteiger partial charge in [-0.05, 0) is 26.3 Å². The SMILES string of the molecule is Cc1[nH]ncc1C(=O)NCCCCCN. The van der Waals surface area contributed by atoms with Crippen LogP contribution in [-0.2, 0) is 0 Å². The number of hydrogen-bond donors (Lipinski definition) is 3. The molecule has 1 aromatic rings. The number of hydrogen-bond acceptors (Lipinski definition) is 3. The molecule has 0 bridgehead atoms. The highest BCUT2D eigenvalue weighted by Crippen LogP contribution is 2.01. The average molecular weight is 210 g/mol. The van der Waals surface area contributed by atoms with E-state index in [4.69, 9.17) is 5.73 Å². The van der Waals surface area contributed by atoms with Gasteiger partial charge in [0.15, 0.2) is 0 Å². The predicted octanol–water partition coefficient (Wildman–Crippen LogP) is 0.577. The number of unbranched alkanes of at least 4 members (excludes halogenated alkanes) is 2. The second kappa shape index (κ2) is 6.19. The molecule has 1 aromatic heterocycles. The fourth-order valence-corrected chi connectivity index (χ4v) is 1.32. The summed E-state index contributed by atoms with van der Waals surface area (Å²) in [5.41, 5.74) is 6.79. The zero-order chi connectivity index (χ0) is 11.1. The topological polar surface area (TPSA) is 83.8 Å². The van der Waals surface area contributed by atoms with E-state index in [1.807, 2.05) is 6.92 Å². The molecule has 5 heteroatoms. The first-order chi connectivity index (χ1) is 7.25. The predicted molar refractivity (Wildman–Crippen MR) is 58.6 cm³/mol. The quantitative estimate of drug-likeness (QED) is 0.600. The fourth-order valence-electron chi connectivity index (χ4n) is 1.32. The smallest absolute Gasteiger partial charge is 0.254 e. The number of aryl methyl sites for hydroxylation is 1. The second-order valence-corrected chi connectivity index (χ2v) is 3.51. The minimum atomic E-state index is -0.0611. The molecule has 0 aromatic carbocycles. The second-order valence-electron chi connectivity index (χ2n) is 3.51. The van der Waals surface area contributed by atoms with Crippen LogP contribution in [0.1, 0.15) is 35.3 Å². The molecule has 0 aliphatic heterocycles. The van der Waals surface area contributed by atoms with E-state index in [-0.39, 0.29) is 5.91 Å². The van der Waals surface area contributed by atoms with Gasteiger partial charge in [-0.2, -0.15) is 5.10 Å². The number of aromatic nitrogens is 2. The Morgan fingerprint density at radius 1 is 1.53 bits per heavy atom. The standard InChI is InChI=1S/C10H18N4O/c1-8-9(7-13-14-8)10(15)12-6-4-2-3-5-11/h7H,2-6,11H2,1H3,(H,12,15)(H,13,14). The van der Waals surface area contributed by atoms with Gasteiger partial charge in [0.1, 0.15) is 0 Å².